The molecule has 130 valence electrons. The number of hydrogen-bond donors (Lipinski definition) is 1. The van der Waals surface area contributed by atoms with Gasteiger partial charge in [0.2, 0.25) is 5.91 Å². The maximum atomic E-state index is 12.0. The highest BCUT2D eigenvalue weighted by Crippen LogP contribution is 2.16. The second-order valence-corrected chi connectivity index (χ2v) is 5.55. The summed E-state index contributed by atoms with van der Waals surface area (Å²) in [6.07, 6.45) is 2.17. The Morgan fingerprint density at radius 2 is 1.88 bits per heavy atom. The minimum absolute atomic E-state index is 0.00360. The van der Waals surface area contributed by atoms with Crippen LogP contribution in [-0.4, -0.2) is 35.7 Å². The Kier molecular flexibility index (Phi) is 5.51. The number of aryl methyl sites for hydroxylation is 1. The van der Waals surface area contributed by atoms with Crippen LogP contribution in [0, 0.1) is 0 Å². The Balaban J connectivity index is 1.38. The van der Waals surface area contributed by atoms with Gasteiger partial charge in [0.05, 0.1) is 31.0 Å². The zero-order valence-electron chi connectivity index (χ0n) is 14.1. The number of aromatic nitrogens is 2. The average molecular weight is 339 g/mol. The summed E-state index contributed by atoms with van der Waals surface area (Å²) in [6, 6.07) is 15.2. The highest BCUT2D eigenvalue weighted by atomic mass is 16.5. The molecule has 25 heavy (non-hydrogen) atoms. The van der Waals surface area contributed by atoms with E-state index in [4.69, 9.17) is 9.47 Å². The Morgan fingerprint density at radius 3 is 2.68 bits per heavy atom. The van der Waals surface area contributed by atoms with E-state index in [2.05, 4.69) is 10.3 Å². The van der Waals surface area contributed by atoms with Crippen molar-refractivity contribution in [1.82, 2.24) is 14.9 Å². The predicted octanol–water partition coefficient (Wildman–Crippen LogP) is 2.63. The fourth-order valence-corrected chi connectivity index (χ4v) is 2.53. The zero-order valence-corrected chi connectivity index (χ0v) is 14.1. The van der Waals surface area contributed by atoms with Crippen LogP contribution in [0.3, 0.4) is 0 Å². The van der Waals surface area contributed by atoms with Crippen LogP contribution in [0.1, 0.15) is 6.42 Å². The molecule has 0 aliphatic carbocycles. The third-order valence-corrected chi connectivity index (χ3v) is 3.86. The number of ether oxygens (including phenoxy) is 2. The van der Waals surface area contributed by atoms with Crippen LogP contribution in [0.4, 0.5) is 0 Å². The lowest BCUT2D eigenvalue weighted by atomic mass is 10.3. The minimum Gasteiger partial charge on any atom is -0.497 e. The summed E-state index contributed by atoms with van der Waals surface area (Å²) in [7, 11) is 1.62. The lowest BCUT2D eigenvalue weighted by Crippen LogP contribution is -2.28. The molecule has 0 bridgehead atoms. The molecule has 0 radical (unpaired) electrons. The van der Waals surface area contributed by atoms with Gasteiger partial charge in [0, 0.05) is 13.0 Å². The van der Waals surface area contributed by atoms with Crippen molar-refractivity contribution < 1.29 is 14.3 Å². The van der Waals surface area contributed by atoms with E-state index in [9.17, 15) is 4.79 Å². The number of rotatable bonds is 8. The molecule has 1 N–H and O–H groups in total. The lowest BCUT2D eigenvalue weighted by molar-refractivity contribution is -0.121. The number of hydrogen-bond acceptors (Lipinski definition) is 4. The molecule has 0 saturated carbocycles. The van der Waals surface area contributed by atoms with Gasteiger partial charge in [-0.15, -0.1) is 0 Å². The van der Waals surface area contributed by atoms with Gasteiger partial charge in [0.25, 0.3) is 0 Å². The van der Waals surface area contributed by atoms with Crippen LogP contribution in [0.2, 0.25) is 0 Å². The number of nitrogens with zero attached hydrogens (tertiary/aromatic N) is 2. The van der Waals surface area contributed by atoms with Gasteiger partial charge in [0.1, 0.15) is 18.1 Å². The number of fused-ring (bicyclic) bond motifs is 1. The molecular formula is C19H21N3O3. The molecule has 6 heteroatoms. The van der Waals surface area contributed by atoms with E-state index in [0.717, 1.165) is 22.5 Å². The van der Waals surface area contributed by atoms with Crippen molar-refractivity contribution in [3.05, 3.63) is 54.9 Å². The Bertz CT molecular complexity index is 827. The van der Waals surface area contributed by atoms with Gasteiger partial charge in [-0.1, -0.05) is 12.1 Å². The van der Waals surface area contributed by atoms with Gasteiger partial charge in [-0.05, 0) is 36.4 Å². The Labute approximate surface area is 146 Å². The minimum atomic E-state index is -0.00360. The molecule has 0 unspecified atom stereocenters. The summed E-state index contributed by atoms with van der Waals surface area (Å²) in [4.78, 5) is 16.3. The first-order chi connectivity index (χ1) is 12.3. The molecule has 1 heterocycles. The molecule has 3 rings (SSSR count). The Hall–Kier alpha value is -3.02. The highest BCUT2D eigenvalue weighted by Gasteiger charge is 2.05. The van der Waals surface area contributed by atoms with Crippen molar-refractivity contribution in [2.24, 2.45) is 0 Å². The van der Waals surface area contributed by atoms with E-state index >= 15 is 0 Å². The summed E-state index contributed by atoms with van der Waals surface area (Å²) in [5.41, 5.74) is 1.98. The van der Waals surface area contributed by atoms with Crippen LogP contribution in [0.5, 0.6) is 11.5 Å². The van der Waals surface area contributed by atoms with E-state index in [-0.39, 0.29) is 5.91 Å². The first kappa shape index (κ1) is 16.8. The Morgan fingerprint density at radius 1 is 1.12 bits per heavy atom. The standard InChI is InChI=1S/C19H21N3O3/c1-24-15-6-8-16(9-7-15)25-13-11-20-19(23)10-12-22-14-21-17-4-2-3-5-18(17)22/h2-9,14H,10-13H2,1H3,(H,20,23). The lowest BCUT2D eigenvalue weighted by Gasteiger charge is -2.09. The average Bonchev–Trinajstić information content (AvgIpc) is 3.07. The number of carbonyl (C=O) groups is 1. The van der Waals surface area contributed by atoms with Crippen molar-refractivity contribution in [3.8, 4) is 11.5 Å². The van der Waals surface area contributed by atoms with Crippen LogP contribution in [0.15, 0.2) is 54.9 Å². The second kappa shape index (κ2) is 8.19. The molecule has 3 aromatic rings. The van der Waals surface area contributed by atoms with Crippen LogP contribution >= 0.6 is 0 Å². The number of para-hydroxylation sites is 2. The van der Waals surface area contributed by atoms with E-state index < -0.39 is 0 Å². The van der Waals surface area contributed by atoms with Gasteiger partial charge >= 0.3 is 0 Å². The molecule has 0 atom stereocenters. The highest BCUT2D eigenvalue weighted by molar-refractivity contribution is 5.77. The molecule has 1 amide bonds. The van der Waals surface area contributed by atoms with E-state index in [1.807, 2.05) is 53.1 Å². The monoisotopic (exact) mass is 339 g/mol. The van der Waals surface area contributed by atoms with E-state index in [1.165, 1.54) is 0 Å². The van der Waals surface area contributed by atoms with Gasteiger partial charge in [0.15, 0.2) is 0 Å². The van der Waals surface area contributed by atoms with Crippen molar-refractivity contribution in [1.29, 1.82) is 0 Å². The molecule has 0 aliphatic rings. The van der Waals surface area contributed by atoms with Crippen molar-refractivity contribution in [2.45, 2.75) is 13.0 Å². The number of nitrogens with one attached hydrogen (secondary N) is 1. The molecular weight excluding hydrogens is 318 g/mol. The molecule has 0 aliphatic heterocycles. The summed E-state index contributed by atoms with van der Waals surface area (Å²) in [6.45, 7) is 1.49. The third kappa shape index (κ3) is 4.50. The van der Waals surface area contributed by atoms with Gasteiger partial charge in [-0.2, -0.15) is 0 Å². The smallest absolute Gasteiger partial charge is 0.221 e. The summed E-state index contributed by atoms with van der Waals surface area (Å²) >= 11 is 0. The maximum Gasteiger partial charge on any atom is 0.221 e. The van der Waals surface area contributed by atoms with E-state index in [0.29, 0.717) is 26.1 Å². The second-order valence-electron chi connectivity index (χ2n) is 5.55. The van der Waals surface area contributed by atoms with Gasteiger partial charge in [-0.3, -0.25) is 4.79 Å². The van der Waals surface area contributed by atoms with Gasteiger partial charge < -0.3 is 19.4 Å². The molecule has 1 aromatic heterocycles. The molecule has 0 spiro atoms. The molecule has 6 nitrogen and oxygen atoms in total. The summed E-state index contributed by atoms with van der Waals surface area (Å²) < 4.78 is 12.7. The predicted molar refractivity (Wildman–Crippen MR) is 95.8 cm³/mol. The first-order valence-electron chi connectivity index (χ1n) is 8.19. The fraction of sp³-hybridized carbons (Fsp3) is 0.263. The number of imidazole rings is 1. The summed E-state index contributed by atoms with van der Waals surface area (Å²) in [5, 5.41) is 2.86. The third-order valence-electron chi connectivity index (χ3n) is 3.86. The number of methoxy groups -OCH3 is 1. The summed E-state index contributed by atoms with van der Waals surface area (Å²) in [5.74, 6) is 1.53. The van der Waals surface area contributed by atoms with Crippen molar-refractivity contribution in [3.63, 3.8) is 0 Å². The van der Waals surface area contributed by atoms with Gasteiger partial charge in [-0.25, -0.2) is 4.98 Å². The number of benzene rings is 2. The topological polar surface area (TPSA) is 65.4 Å². The van der Waals surface area contributed by atoms with Crippen molar-refractivity contribution >= 4 is 16.9 Å². The molecule has 0 saturated heterocycles. The zero-order chi connectivity index (χ0) is 17.5. The number of amides is 1. The van der Waals surface area contributed by atoms with Crippen LogP contribution in [-0.2, 0) is 11.3 Å². The fourth-order valence-electron chi connectivity index (χ4n) is 2.53. The van der Waals surface area contributed by atoms with Crippen LogP contribution in [0.25, 0.3) is 11.0 Å². The molecule has 2 aromatic carbocycles. The van der Waals surface area contributed by atoms with Crippen molar-refractivity contribution in [2.75, 3.05) is 20.3 Å². The first-order valence-corrected chi connectivity index (χ1v) is 8.19. The quantitative estimate of drug-likeness (QED) is 0.641. The maximum absolute atomic E-state index is 12.0. The molecule has 0 fully saturated rings. The number of carbonyl (C=O) groups excluding carboxylic acids is 1. The van der Waals surface area contributed by atoms with E-state index in [1.54, 1.807) is 13.4 Å². The van der Waals surface area contributed by atoms with Crippen LogP contribution < -0.4 is 14.8 Å². The SMILES string of the molecule is COc1ccc(OCCNC(=O)CCn2cnc3ccccc32)cc1. The largest absolute Gasteiger partial charge is 0.497 e. The normalized spacial score (nSPS) is 10.6.